The van der Waals surface area contributed by atoms with Crippen LogP contribution in [0.1, 0.15) is 78.9 Å². The first kappa shape index (κ1) is 33.3. The number of carbonyl (C=O) groups is 1. The van der Waals surface area contributed by atoms with Crippen molar-refractivity contribution in [1.29, 1.82) is 0 Å². The van der Waals surface area contributed by atoms with Gasteiger partial charge in [0.25, 0.3) is 0 Å². The molecule has 0 radical (unpaired) electrons. The first-order chi connectivity index (χ1) is 22.7. The molecule has 0 bridgehead atoms. The third-order valence-corrected chi connectivity index (χ3v) is 10.6. The van der Waals surface area contributed by atoms with Crippen molar-refractivity contribution in [2.45, 2.75) is 70.1 Å². The van der Waals surface area contributed by atoms with Gasteiger partial charge < -0.3 is 15.4 Å². The summed E-state index contributed by atoms with van der Waals surface area (Å²) in [6.07, 6.45) is 13.0. The van der Waals surface area contributed by atoms with Gasteiger partial charge in [-0.25, -0.2) is 4.39 Å². The van der Waals surface area contributed by atoms with E-state index >= 15 is 0 Å². The van der Waals surface area contributed by atoms with Crippen molar-refractivity contribution in [2.24, 2.45) is 11.8 Å². The van der Waals surface area contributed by atoms with Crippen LogP contribution in [-0.2, 0) is 11.3 Å². The van der Waals surface area contributed by atoms with Gasteiger partial charge >= 0.3 is 0 Å². The van der Waals surface area contributed by atoms with Crippen molar-refractivity contribution < 1.29 is 13.9 Å². The molecule has 0 aromatic heterocycles. The zero-order chi connectivity index (χ0) is 33.1. The lowest BCUT2D eigenvalue weighted by molar-refractivity contribution is 0.0972. The van der Waals surface area contributed by atoms with Crippen LogP contribution >= 0.6 is 23.2 Å². The Labute approximate surface area is 287 Å². The molecule has 2 fully saturated rings. The molecule has 1 heterocycles. The third kappa shape index (κ3) is 7.13. The van der Waals surface area contributed by atoms with Crippen LogP contribution in [0.3, 0.4) is 0 Å². The molecule has 3 aromatic rings. The normalized spacial score (nSPS) is 22.3. The number of Topliss-reactive ketones (excluding diaryl/α,β-unsaturated/α-hetero) is 1. The maximum Gasteiger partial charge on any atom is 0.163 e. The largest absolute Gasteiger partial charge is 0.489 e. The number of halogens is 3. The number of ketones is 1. The highest BCUT2D eigenvalue weighted by atomic mass is 35.5. The Morgan fingerprint density at radius 1 is 1.11 bits per heavy atom. The van der Waals surface area contributed by atoms with Crippen molar-refractivity contribution >= 4 is 46.4 Å². The number of fused-ring (bicyclic) bond motifs is 1. The molecule has 4 nitrogen and oxygen atoms in total. The molecular weight excluding hydrogens is 630 g/mol. The fraction of sp³-hybridized carbons (Fsp3) is 0.325. The second-order valence-electron chi connectivity index (χ2n) is 13.1. The molecule has 0 amide bonds. The molecule has 0 spiro atoms. The van der Waals surface area contributed by atoms with Crippen LogP contribution in [0.5, 0.6) is 0 Å². The summed E-state index contributed by atoms with van der Waals surface area (Å²) in [6, 6.07) is 18.3. The van der Waals surface area contributed by atoms with E-state index in [1.165, 1.54) is 43.4 Å². The summed E-state index contributed by atoms with van der Waals surface area (Å²) >= 11 is 13.0. The zero-order valence-electron chi connectivity index (χ0n) is 26.8. The molecule has 1 saturated carbocycles. The molecule has 3 atom stereocenters. The molecule has 244 valence electrons. The van der Waals surface area contributed by atoms with Gasteiger partial charge in [-0.05, 0) is 91.6 Å². The van der Waals surface area contributed by atoms with Crippen LogP contribution < -0.4 is 10.6 Å². The predicted octanol–water partition coefficient (Wildman–Crippen LogP) is 10.8. The second-order valence-corrected chi connectivity index (χ2v) is 13.9. The van der Waals surface area contributed by atoms with Crippen molar-refractivity contribution in [3.05, 3.63) is 135 Å². The molecule has 47 heavy (non-hydrogen) atoms. The lowest BCUT2D eigenvalue weighted by atomic mass is 9.74. The third-order valence-electron chi connectivity index (χ3n) is 9.98. The number of benzene rings is 3. The van der Waals surface area contributed by atoms with Crippen LogP contribution in [0, 0.1) is 17.7 Å². The second kappa shape index (κ2) is 14.2. The van der Waals surface area contributed by atoms with E-state index in [0.717, 1.165) is 24.2 Å². The summed E-state index contributed by atoms with van der Waals surface area (Å²) in [6.45, 7) is 10.7. The van der Waals surface area contributed by atoms with Crippen LogP contribution in [0.15, 0.2) is 97.3 Å². The van der Waals surface area contributed by atoms with Crippen molar-refractivity contribution in [2.75, 3.05) is 5.32 Å². The topological polar surface area (TPSA) is 50.4 Å². The standard InChI is InChI=1S/C40H41Cl2FN2O2/c1-4-27-21-29(22-33(42)39(27)44-25(2)37-32(41)15-10-16-34(37)43)36(46)18-17-35-38(28-13-8-9-14-28)31-23-30(19-20-40(31,3)45-35)47-24-26-11-6-5-7-12-26/h4-7,10-12,15-16,19,21-23,28,35,38,44-45H,1-2,8-9,13-14,17-18,20,24H2,3H3. The van der Waals surface area contributed by atoms with Crippen molar-refractivity contribution in [3.8, 4) is 0 Å². The SMILES string of the molecule is C=Cc1cc(C(=O)CCC2NC3(C)CC=C(OCc4ccccc4)C=C3C2C2CCCC2)cc(Cl)c1NC(=C)c1c(F)cccc1Cl. The summed E-state index contributed by atoms with van der Waals surface area (Å²) in [5.41, 5.74) is 4.45. The molecule has 3 aliphatic rings. The fourth-order valence-electron chi connectivity index (χ4n) is 7.62. The predicted molar refractivity (Wildman–Crippen MR) is 192 cm³/mol. The highest BCUT2D eigenvalue weighted by Gasteiger charge is 2.49. The number of rotatable bonds is 12. The molecule has 2 N–H and O–H groups in total. The van der Waals surface area contributed by atoms with Gasteiger partial charge in [-0.1, -0.05) is 91.7 Å². The average Bonchev–Trinajstić information content (AvgIpc) is 3.69. The maximum atomic E-state index is 14.5. The van der Waals surface area contributed by atoms with E-state index < -0.39 is 5.82 Å². The molecule has 1 aliphatic heterocycles. The number of carbonyl (C=O) groups excluding carboxylic acids is 1. The Bertz CT molecular complexity index is 1720. The minimum absolute atomic E-state index is 0.0171. The number of allylic oxidation sites excluding steroid dienone is 1. The summed E-state index contributed by atoms with van der Waals surface area (Å²) in [5.74, 6) is 1.40. The highest BCUT2D eigenvalue weighted by Crippen LogP contribution is 2.49. The Morgan fingerprint density at radius 3 is 2.60 bits per heavy atom. The van der Waals surface area contributed by atoms with Crippen LogP contribution in [0.4, 0.5) is 10.1 Å². The van der Waals surface area contributed by atoms with Gasteiger partial charge in [0.05, 0.1) is 21.3 Å². The van der Waals surface area contributed by atoms with Crippen molar-refractivity contribution in [1.82, 2.24) is 5.32 Å². The zero-order valence-corrected chi connectivity index (χ0v) is 28.3. The molecule has 1 saturated heterocycles. The van der Waals surface area contributed by atoms with E-state index in [-0.39, 0.29) is 33.6 Å². The molecule has 3 aromatic carbocycles. The molecule has 3 unspecified atom stereocenters. The Balaban J connectivity index is 1.17. The van der Waals surface area contributed by atoms with E-state index in [9.17, 15) is 9.18 Å². The van der Waals surface area contributed by atoms with Gasteiger partial charge in [0.1, 0.15) is 18.2 Å². The van der Waals surface area contributed by atoms with Crippen LogP contribution in [-0.4, -0.2) is 17.4 Å². The monoisotopic (exact) mass is 670 g/mol. The first-order valence-electron chi connectivity index (χ1n) is 16.4. The Hall–Kier alpha value is -3.64. The lowest BCUT2D eigenvalue weighted by Crippen LogP contribution is -2.42. The van der Waals surface area contributed by atoms with Gasteiger partial charge in [-0.15, -0.1) is 0 Å². The molecule has 7 heteroatoms. The molecule has 2 aliphatic carbocycles. The summed E-state index contributed by atoms with van der Waals surface area (Å²) in [7, 11) is 0. The minimum Gasteiger partial charge on any atom is -0.489 e. The first-order valence-corrected chi connectivity index (χ1v) is 17.2. The number of hydrogen-bond donors (Lipinski definition) is 2. The maximum absolute atomic E-state index is 14.5. The van der Waals surface area contributed by atoms with Crippen LogP contribution in [0.2, 0.25) is 10.0 Å². The fourth-order valence-corrected chi connectivity index (χ4v) is 8.17. The highest BCUT2D eigenvalue weighted by molar-refractivity contribution is 6.34. The van der Waals surface area contributed by atoms with E-state index in [1.54, 1.807) is 24.3 Å². The van der Waals surface area contributed by atoms with Gasteiger partial charge in [0, 0.05) is 35.2 Å². The number of anilines is 1. The average molecular weight is 672 g/mol. The van der Waals surface area contributed by atoms with E-state index in [0.29, 0.717) is 46.7 Å². The van der Waals surface area contributed by atoms with Gasteiger partial charge in [0.15, 0.2) is 5.78 Å². The number of nitrogens with one attached hydrogen (secondary N) is 2. The van der Waals surface area contributed by atoms with Crippen molar-refractivity contribution in [3.63, 3.8) is 0 Å². The quantitative estimate of drug-likeness (QED) is 0.188. The van der Waals surface area contributed by atoms with E-state index in [1.807, 2.05) is 18.2 Å². The number of hydrogen-bond acceptors (Lipinski definition) is 4. The summed E-state index contributed by atoms with van der Waals surface area (Å²) in [4.78, 5) is 13.7. The smallest absolute Gasteiger partial charge is 0.163 e. The van der Waals surface area contributed by atoms with E-state index in [2.05, 4.69) is 55.0 Å². The summed E-state index contributed by atoms with van der Waals surface area (Å²) < 4.78 is 20.8. The van der Waals surface area contributed by atoms with Gasteiger partial charge in [-0.3, -0.25) is 4.79 Å². The Kier molecular flexibility index (Phi) is 10.1. The minimum atomic E-state index is -0.495. The molecular formula is C40H41Cl2FN2O2. The van der Waals surface area contributed by atoms with Gasteiger partial charge in [-0.2, -0.15) is 0 Å². The Morgan fingerprint density at radius 2 is 1.87 bits per heavy atom. The van der Waals surface area contributed by atoms with E-state index in [4.69, 9.17) is 27.9 Å². The van der Waals surface area contributed by atoms with Crippen LogP contribution in [0.25, 0.3) is 11.8 Å². The lowest BCUT2D eigenvalue weighted by Gasteiger charge is -2.32. The van der Waals surface area contributed by atoms with Gasteiger partial charge in [0.2, 0.25) is 0 Å². The summed E-state index contributed by atoms with van der Waals surface area (Å²) in [5, 5.41) is 7.61. The number of ether oxygens (including phenoxy) is 1. The molecule has 6 rings (SSSR count).